The van der Waals surface area contributed by atoms with Crippen LogP contribution in [0.3, 0.4) is 0 Å². The highest BCUT2D eigenvalue weighted by Gasteiger charge is 2.12. The summed E-state index contributed by atoms with van der Waals surface area (Å²) in [6.07, 6.45) is 0.958. The molecular weight excluding hydrogens is 358 g/mol. The summed E-state index contributed by atoms with van der Waals surface area (Å²) in [6, 6.07) is 18.6. The van der Waals surface area contributed by atoms with Crippen LogP contribution in [0.15, 0.2) is 70.6 Å². The van der Waals surface area contributed by atoms with Gasteiger partial charge in [-0.1, -0.05) is 49.0 Å². The number of thioether (sulfide) groups is 1. The first-order valence-corrected chi connectivity index (χ1v) is 9.73. The first-order chi connectivity index (χ1) is 13.1. The van der Waals surface area contributed by atoms with Crippen LogP contribution in [0.5, 0.6) is 0 Å². The lowest BCUT2D eigenvalue weighted by Gasteiger charge is -2.12. The second-order valence-electron chi connectivity index (χ2n) is 6.08. The number of nitrogens with one attached hydrogen (secondary N) is 1. The zero-order valence-corrected chi connectivity index (χ0v) is 16.1. The fraction of sp³-hybridized carbons (Fsp3) is 0.190. The van der Waals surface area contributed by atoms with Crippen LogP contribution in [-0.4, -0.2) is 21.2 Å². The largest absolute Gasteiger partial charge is 0.325 e. The fourth-order valence-electron chi connectivity index (χ4n) is 2.63. The van der Waals surface area contributed by atoms with Crippen LogP contribution in [0.25, 0.3) is 5.69 Å². The number of rotatable bonds is 6. The van der Waals surface area contributed by atoms with Crippen LogP contribution in [-0.2, 0) is 11.2 Å². The van der Waals surface area contributed by atoms with Gasteiger partial charge in [-0.15, -0.1) is 0 Å². The molecule has 0 saturated heterocycles. The van der Waals surface area contributed by atoms with E-state index in [0.29, 0.717) is 10.9 Å². The van der Waals surface area contributed by atoms with Crippen molar-refractivity contribution in [1.29, 1.82) is 0 Å². The molecule has 3 aromatic rings. The molecule has 0 unspecified atom stereocenters. The molecule has 1 N–H and O–H groups in total. The number of nitrogens with zero attached hydrogens (tertiary/aromatic N) is 2. The van der Waals surface area contributed by atoms with Crippen LogP contribution in [0.1, 0.15) is 18.2 Å². The van der Waals surface area contributed by atoms with E-state index in [-0.39, 0.29) is 17.2 Å². The number of aryl methyl sites for hydroxylation is 2. The Kier molecular flexibility index (Phi) is 6.08. The predicted octanol–water partition coefficient (Wildman–Crippen LogP) is 3.83. The maximum absolute atomic E-state index is 12.5. The molecule has 1 aromatic heterocycles. The minimum Gasteiger partial charge on any atom is -0.325 e. The monoisotopic (exact) mass is 379 g/mol. The molecule has 3 rings (SSSR count). The number of hydrogen-bond donors (Lipinski definition) is 1. The highest BCUT2D eigenvalue weighted by Crippen LogP contribution is 2.19. The number of aromatic nitrogens is 2. The average molecular weight is 379 g/mol. The quantitative estimate of drug-likeness (QED) is 0.522. The van der Waals surface area contributed by atoms with E-state index in [0.717, 1.165) is 17.8 Å². The Morgan fingerprint density at radius 2 is 1.81 bits per heavy atom. The summed E-state index contributed by atoms with van der Waals surface area (Å²) in [6.45, 7) is 3.86. The number of para-hydroxylation sites is 1. The van der Waals surface area contributed by atoms with Crippen LogP contribution < -0.4 is 10.9 Å². The summed E-state index contributed by atoms with van der Waals surface area (Å²) in [4.78, 5) is 29.2. The lowest BCUT2D eigenvalue weighted by Crippen LogP contribution is -2.22. The Morgan fingerprint density at radius 1 is 1.11 bits per heavy atom. The van der Waals surface area contributed by atoms with Crippen molar-refractivity contribution in [2.45, 2.75) is 25.4 Å². The summed E-state index contributed by atoms with van der Waals surface area (Å²) in [5.41, 5.74) is 3.18. The van der Waals surface area contributed by atoms with Gasteiger partial charge in [0.1, 0.15) is 0 Å². The number of anilines is 1. The SMILES string of the molecule is CCc1ccc(NC(=O)CSc2nc(C)cc(=O)n2-c2ccccc2)cc1. The first kappa shape index (κ1) is 18.9. The van der Waals surface area contributed by atoms with Gasteiger partial charge in [-0.2, -0.15) is 0 Å². The lowest BCUT2D eigenvalue weighted by molar-refractivity contribution is -0.113. The molecule has 0 bridgehead atoms. The van der Waals surface area contributed by atoms with Gasteiger partial charge in [0.15, 0.2) is 5.16 Å². The number of carbonyl (C=O) groups excluding carboxylic acids is 1. The van der Waals surface area contributed by atoms with Gasteiger partial charge >= 0.3 is 0 Å². The van der Waals surface area contributed by atoms with E-state index in [1.807, 2.05) is 54.6 Å². The number of hydrogen-bond acceptors (Lipinski definition) is 4. The molecule has 1 amide bonds. The molecule has 0 saturated carbocycles. The minimum atomic E-state index is -0.160. The van der Waals surface area contributed by atoms with E-state index in [1.54, 1.807) is 6.92 Å². The molecule has 27 heavy (non-hydrogen) atoms. The van der Waals surface area contributed by atoms with Crippen molar-refractivity contribution in [2.75, 3.05) is 11.1 Å². The molecule has 0 atom stereocenters. The van der Waals surface area contributed by atoms with Crippen molar-refractivity contribution in [3.63, 3.8) is 0 Å². The highest BCUT2D eigenvalue weighted by atomic mass is 32.2. The van der Waals surface area contributed by atoms with Crippen molar-refractivity contribution in [2.24, 2.45) is 0 Å². The summed E-state index contributed by atoms with van der Waals surface area (Å²) >= 11 is 1.25. The van der Waals surface area contributed by atoms with Gasteiger partial charge in [0.05, 0.1) is 11.4 Å². The van der Waals surface area contributed by atoms with Crippen molar-refractivity contribution in [1.82, 2.24) is 9.55 Å². The van der Waals surface area contributed by atoms with Gasteiger partial charge in [0.2, 0.25) is 5.91 Å². The molecule has 0 fully saturated rings. The molecule has 138 valence electrons. The summed E-state index contributed by atoms with van der Waals surface area (Å²) in [7, 11) is 0. The number of benzene rings is 2. The van der Waals surface area contributed by atoms with Crippen LogP contribution in [0.4, 0.5) is 5.69 Å². The van der Waals surface area contributed by atoms with E-state index in [4.69, 9.17) is 0 Å². The molecule has 0 radical (unpaired) electrons. The zero-order valence-electron chi connectivity index (χ0n) is 15.3. The standard InChI is InChI=1S/C21H21N3O2S/c1-3-16-9-11-17(12-10-16)23-19(25)14-27-21-22-15(2)13-20(26)24(21)18-7-5-4-6-8-18/h4-13H,3,14H2,1-2H3,(H,23,25). The van der Waals surface area contributed by atoms with Gasteiger partial charge in [-0.25, -0.2) is 4.98 Å². The van der Waals surface area contributed by atoms with Gasteiger partial charge in [-0.05, 0) is 43.2 Å². The summed E-state index contributed by atoms with van der Waals surface area (Å²) in [5.74, 6) is 0.0257. The molecule has 0 aliphatic carbocycles. The number of carbonyl (C=O) groups is 1. The van der Waals surface area contributed by atoms with Crippen molar-refractivity contribution in [3.05, 3.63) is 82.3 Å². The van der Waals surface area contributed by atoms with Crippen molar-refractivity contribution in [3.8, 4) is 5.69 Å². The molecule has 0 aliphatic heterocycles. The van der Waals surface area contributed by atoms with Gasteiger partial charge in [0, 0.05) is 17.4 Å². The summed E-state index contributed by atoms with van der Waals surface area (Å²) < 4.78 is 1.53. The molecule has 2 aromatic carbocycles. The van der Waals surface area contributed by atoms with E-state index < -0.39 is 0 Å². The Morgan fingerprint density at radius 3 is 2.48 bits per heavy atom. The second kappa shape index (κ2) is 8.68. The maximum Gasteiger partial charge on any atom is 0.258 e. The van der Waals surface area contributed by atoms with Crippen molar-refractivity contribution >= 4 is 23.4 Å². The molecule has 1 heterocycles. The van der Waals surface area contributed by atoms with Crippen LogP contribution in [0.2, 0.25) is 0 Å². The predicted molar refractivity (Wildman–Crippen MR) is 110 cm³/mol. The Bertz CT molecular complexity index is 983. The van der Waals surface area contributed by atoms with E-state index in [2.05, 4.69) is 17.2 Å². The molecular formula is C21H21N3O2S. The van der Waals surface area contributed by atoms with Gasteiger partial charge in [-0.3, -0.25) is 14.2 Å². The van der Waals surface area contributed by atoms with Gasteiger partial charge < -0.3 is 5.32 Å². The third kappa shape index (κ3) is 4.86. The number of amides is 1. The Balaban J connectivity index is 1.75. The molecule has 0 aliphatic rings. The highest BCUT2D eigenvalue weighted by molar-refractivity contribution is 7.99. The van der Waals surface area contributed by atoms with Crippen LogP contribution >= 0.6 is 11.8 Å². The molecule has 0 spiro atoms. The third-order valence-corrected chi connectivity index (χ3v) is 4.95. The Labute approximate surface area is 162 Å². The van der Waals surface area contributed by atoms with Crippen LogP contribution in [0, 0.1) is 6.92 Å². The molecule has 6 heteroatoms. The third-order valence-electron chi connectivity index (χ3n) is 4.01. The second-order valence-corrected chi connectivity index (χ2v) is 7.02. The fourth-order valence-corrected chi connectivity index (χ4v) is 3.50. The smallest absolute Gasteiger partial charge is 0.258 e. The molecule has 5 nitrogen and oxygen atoms in total. The Hall–Kier alpha value is -2.86. The van der Waals surface area contributed by atoms with Gasteiger partial charge in [0.25, 0.3) is 5.56 Å². The zero-order chi connectivity index (χ0) is 19.2. The average Bonchev–Trinajstić information content (AvgIpc) is 2.67. The maximum atomic E-state index is 12.5. The van der Waals surface area contributed by atoms with E-state index in [9.17, 15) is 9.59 Å². The summed E-state index contributed by atoms with van der Waals surface area (Å²) in [5, 5.41) is 3.38. The lowest BCUT2D eigenvalue weighted by atomic mass is 10.1. The normalized spacial score (nSPS) is 10.6. The van der Waals surface area contributed by atoms with Crippen molar-refractivity contribution < 1.29 is 4.79 Å². The van der Waals surface area contributed by atoms with E-state index >= 15 is 0 Å². The topological polar surface area (TPSA) is 64.0 Å². The minimum absolute atomic E-state index is 0.139. The first-order valence-electron chi connectivity index (χ1n) is 8.74. The van der Waals surface area contributed by atoms with E-state index in [1.165, 1.54) is 28.0 Å².